The quantitative estimate of drug-likeness (QED) is 0.714. The largest absolute Gasteiger partial charge is 0.307 e. The van der Waals surface area contributed by atoms with Gasteiger partial charge in [-0.15, -0.1) is 0 Å². The summed E-state index contributed by atoms with van der Waals surface area (Å²) in [6, 6.07) is 8.72. The molecule has 0 heterocycles. The second-order valence-electron chi connectivity index (χ2n) is 3.83. The van der Waals surface area contributed by atoms with Crippen LogP contribution in [0.1, 0.15) is 11.1 Å². The van der Waals surface area contributed by atoms with Crippen molar-refractivity contribution in [1.82, 2.24) is 10.2 Å². The van der Waals surface area contributed by atoms with Crippen molar-refractivity contribution in [3.63, 3.8) is 0 Å². The second kappa shape index (κ2) is 5.78. The molecule has 0 saturated carbocycles. The van der Waals surface area contributed by atoms with E-state index in [-0.39, 0.29) is 0 Å². The number of hydrogen-bond donors (Lipinski definition) is 1. The van der Waals surface area contributed by atoms with Crippen molar-refractivity contribution in [2.75, 3.05) is 27.3 Å². The number of likely N-dealkylation sites (N-methyl/N-ethyl adjacent to an activating group) is 1. The highest BCUT2D eigenvalue weighted by Gasteiger charge is 1.97. The Labute approximate surface area is 86.9 Å². The molecule has 0 spiro atoms. The predicted octanol–water partition coefficient (Wildman–Crippen LogP) is 1.65. The summed E-state index contributed by atoms with van der Waals surface area (Å²) in [5.41, 5.74) is 2.77. The van der Waals surface area contributed by atoms with Gasteiger partial charge in [0.05, 0.1) is 0 Å². The fraction of sp³-hybridized carbons (Fsp3) is 0.500. The molecule has 0 aliphatic heterocycles. The van der Waals surface area contributed by atoms with Crippen LogP contribution in [0.25, 0.3) is 0 Å². The Bertz CT molecular complexity index is 271. The van der Waals surface area contributed by atoms with Gasteiger partial charge in [0.2, 0.25) is 0 Å². The summed E-state index contributed by atoms with van der Waals surface area (Å²) in [6.45, 7) is 4.19. The zero-order chi connectivity index (χ0) is 10.4. The van der Waals surface area contributed by atoms with Gasteiger partial charge in [-0.2, -0.15) is 0 Å². The summed E-state index contributed by atoms with van der Waals surface area (Å²) >= 11 is 0. The highest BCUT2D eigenvalue weighted by atomic mass is 15.2. The fourth-order valence-electron chi connectivity index (χ4n) is 1.54. The maximum atomic E-state index is 3.14. The van der Waals surface area contributed by atoms with E-state index in [4.69, 9.17) is 0 Å². The minimum Gasteiger partial charge on any atom is -0.307 e. The Morgan fingerprint density at radius 1 is 1.36 bits per heavy atom. The van der Waals surface area contributed by atoms with E-state index in [1.807, 2.05) is 7.05 Å². The van der Waals surface area contributed by atoms with Crippen LogP contribution in [0.3, 0.4) is 0 Å². The average Bonchev–Trinajstić information content (AvgIpc) is 2.15. The van der Waals surface area contributed by atoms with E-state index in [9.17, 15) is 0 Å². The van der Waals surface area contributed by atoms with Crippen LogP contribution < -0.4 is 5.32 Å². The summed E-state index contributed by atoms with van der Waals surface area (Å²) in [5.74, 6) is 0. The van der Waals surface area contributed by atoms with Gasteiger partial charge in [-0.05, 0) is 33.0 Å². The van der Waals surface area contributed by atoms with E-state index >= 15 is 0 Å². The number of benzene rings is 1. The lowest BCUT2D eigenvalue weighted by atomic mass is 10.1. The molecule has 0 saturated heterocycles. The third-order valence-electron chi connectivity index (χ3n) is 2.29. The van der Waals surface area contributed by atoms with Crippen molar-refractivity contribution < 1.29 is 0 Å². The normalized spacial score (nSPS) is 10.9. The average molecular weight is 192 g/mol. The zero-order valence-electron chi connectivity index (χ0n) is 9.38. The van der Waals surface area contributed by atoms with E-state index in [1.54, 1.807) is 0 Å². The van der Waals surface area contributed by atoms with E-state index < -0.39 is 0 Å². The van der Waals surface area contributed by atoms with Gasteiger partial charge in [0.15, 0.2) is 0 Å². The molecule has 0 bridgehead atoms. The van der Waals surface area contributed by atoms with Gasteiger partial charge in [-0.1, -0.05) is 29.8 Å². The third-order valence-corrected chi connectivity index (χ3v) is 2.29. The zero-order valence-corrected chi connectivity index (χ0v) is 9.38. The number of rotatable bonds is 5. The number of aryl methyl sites for hydroxylation is 1. The number of hydrogen-bond acceptors (Lipinski definition) is 2. The standard InChI is InChI=1S/C12H20N2/c1-11-5-4-6-12(9-11)7-8-14(3)10-13-2/h4-6,9,13H,7-8,10H2,1-3H3. The van der Waals surface area contributed by atoms with Gasteiger partial charge in [0.25, 0.3) is 0 Å². The van der Waals surface area contributed by atoms with Crippen LogP contribution in [0.2, 0.25) is 0 Å². The van der Waals surface area contributed by atoms with Gasteiger partial charge in [-0.25, -0.2) is 0 Å². The smallest absolute Gasteiger partial charge is 0.0475 e. The molecular formula is C12H20N2. The van der Waals surface area contributed by atoms with Crippen molar-refractivity contribution in [3.05, 3.63) is 35.4 Å². The van der Waals surface area contributed by atoms with Crippen LogP contribution in [-0.4, -0.2) is 32.2 Å². The summed E-state index contributed by atoms with van der Waals surface area (Å²) in [5, 5.41) is 3.14. The van der Waals surface area contributed by atoms with Crippen molar-refractivity contribution >= 4 is 0 Å². The van der Waals surface area contributed by atoms with Crippen LogP contribution in [0, 0.1) is 6.92 Å². The van der Waals surface area contributed by atoms with Crippen molar-refractivity contribution in [2.45, 2.75) is 13.3 Å². The third kappa shape index (κ3) is 3.90. The van der Waals surface area contributed by atoms with Gasteiger partial charge in [0.1, 0.15) is 0 Å². The molecule has 1 aromatic rings. The van der Waals surface area contributed by atoms with Crippen LogP contribution in [0.5, 0.6) is 0 Å². The molecule has 14 heavy (non-hydrogen) atoms. The molecule has 0 aliphatic rings. The molecular weight excluding hydrogens is 172 g/mol. The highest BCUT2D eigenvalue weighted by molar-refractivity contribution is 5.22. The van der Waals surface area contributed by atoms with Crippen molar-refractivity contribution in [3.8, 4) is 0 Å². The predicted molar refractivity (Wildman–Crippen MR) is 61.4 cm³/mol. The molecule has 0 aromatic heterocycles. The maximum absolute atomic E-state index is 3.14. The van der Waals surface area contributed by atoms with Crippen molar-refractivity contribution in [1.29, 1.82) is 0 Å². The van der Waals surface area contributed by atoms with E-state index in [0.29, 0.717) is 0 Å². The molecule has 0 amide bonds. The van der Waals surface area contributed by atoms with Gasteiger partial charge >= 0.3 is 0 Å². The topological polar surface area (TPSA) is 15.3 Å². The summed E-state index contributed by atoms with van der Waals surface area (Å²) < 4.78 is 0. The monoisotopic (exact) mass is 192 g/mol. The SMILES string of the molecule is CNCN(C)CCc1cccc(C)c1. The molecule has 2 nitrogen and oxygen atoms in total. The minimum absolute atomic E-state index is 0.950. The lowest BCUT2D eigenvalue weighted by molar-refractivity contribution is 0.321. The molecule has 2 heteroatoms. The maximum Gasteiger partial charge on any atom is 0.0475 e. The van der Waals surface area contributed by atoms with E-state index in [0.717, 1.165) is 19.6 Å². The van der Waals surface area contributed by atoms with Crippen LogP contribution >= 0.6 is 0 Å². The Morgan fingerprint density at radius 3 is 2.79 bits per heavy atom. The van der Waals surface area contributed by atoms with Gasteiger partial charge < -0.3 is 5.32 Å². The van der Waals surface area contributed by atoms with E-state index in [1.165, 1.54) is 11.1 Å². The first kappa shape index (κ1) is 11.2. The van der Waals surface area contributed by atoms with Crippen LogP contribution in [0.4, 0.5) is 0 Å². The molecule has 0 radical (unpaired) electrons. The Morgan fingerprint density at radius 2 is 2.14 bits per heavy atom. The Kier molecular flexibility index (Phi) is 4.63. The molecule has 0 atom stereocenters. The first-order valence-corrected chi connectivity index (χ1v) is 5.11. The molecule has 0 fully saturated rings. The highest BCUT2D eigenvalue weighted by Crippen LogP contribution is 2.04. The van der Waals surface area contributed by atoms with Gasteiger partial charge in [-0.3, -0.25) is 4.90 Å². The van der Waals surface area contributed by atoms with Crippen LogP contribution in [-0.2, 0) is 6.42 Å². The molecule has 78 valence electrons. The fourth-order valence-corrected chi connectivity index (χ4v) is 1.54. The molecule has 0 aliphatic carbocycles. The first-order valence-electron chi connectivity index (χ1n) is 5.11. The lowest BCUT2D eigenvalue weighted by Crippen LogP contribution is -2.30. The van der Waals surface area contributed by atoms with E-state index in [2.05, 4.69) is 48.5 Å². The summed E-state index contributed by atoms with van der Waals surface area (Å²) in [7, 11) is 4.11. The second-order valence-corrected chi connectivity index (χ2v) is 3.83. The Hall–Kier alpha value is -0.860. The number of nitrogens with zero attached hydrogens (tertiary/aromatic N) is 1. The lowest BCUT2D eigenvalue weighted by Gasteiger charge is -2.15. The molecule has 1 N–H and O–H groups in total. The van der Waals surface area contributed by atoms with Gasteiger partial charge in [0, 0.05) is 13.2 Å². The molecule has 0 unspecified atom stereocenters. The molecule has 1 aromatic carbocycles. The summed E-state index contributed by atoms with van der Waals surface area (Å²) in [4.78, 5) is 2.28. The van der Waals surface area contributed by atoms with Crippen LogP contribution in [0.15, 0.2) is 24.3 Å². The first-order chi connectivity index (χ1) is 6.72. The minimum atomic E-state index is 0.950. The number of nitrogens with one attached hydrogen (secondary N) is 1. The Balaban J connectivity index is 2.37. The molecule has 1 rings (SSSR count). The van der Waals surface area contributed by atoms with Crippen molar-refractivity contribution in [2.24, 2.45) is 0 Å². The summed E-state index contributed by atoms with van der Waals surface area (Å²) in [6.07, 6.45) is 1.12.